The van der Waals surface area contributed by atoms with Crippen LogP contribution < -0.4 is 10.1 Å². The topological polar surface area (TPSA) is 116 Å². The normalized spacial score (nSPS) is 14.3. The summed E-state index contributed by atoms with van der Waals surface area (Å²) in [5.41, 5.74) is 0.210. The number of likely N-dealkylation sites (N-methyl/N-ethyl adjacent to an activating group) is 1. The van der Waals surface area contributed by atoms with Crippen LogP contribution in [0.15, 0.2) is 47.4 Å². The van der Waals surface area contributed by atoms with Crippen molar-refractivity contribution in [2.45, 2.75) is 17.7 Å². The maximum absolute atomic E-state index is 12.8. The van der Waals surface area contributed by atoms with Crippen LogP contribution in [0.5, 0.6) is 11.5 Å². The Hall–Kier alpha value is -3.11. The van der Waals surface area contributed by atoms with E-state index < -0.39 is 15.9 Å². The third-order valence-electron chi connectivity index (χ3n) is 4.88. The van der Waals surface area contributed by atoms with E-state index in [-0.39, 0.29) is 34.4 Å². The van der Waals surface area contributed by atoms with E-state index in [1.165, 1.54) is 39.5 Å². The summed E-state index contributed by atoms with van der Waals surface area (Å²) in [6.45, 7) is 0.733. The van der Waals surface area contributed by atoms with Gasteiger partial charge in [0.15, 0.2) is 6.61 Å². The number of phenols is 1. The lowest BCUT2D eigenvalue weighted by atomic mass is 10.2. The predicted molar refractivity (Wildman–Crippen MR) is 115 cm³/mol. The van der Waals surface area contributed by atoms with Crippen molar-refractivity contribution in [1.29, 1.82) is 0 Å². The highest BCUT2D eigenvalue weighted by Crippen LogP contribution is 2.30. The zero-order chi connectivity index (χ0) is 22.6. The Balaban J connectivity index is 1.76. The molecule has 0 saturated carbocycles. The molecule has 1 heterocycles. The molecule has 1 fully saturated rings. The molecule has 0 aromatic heterocycles. The first kappa shape index (κ1) is 22.6. The van der Waals surface area contributed by atoms with Crippen molar-refractivity contribution >= 4 is 27.5 Å². The molecule has 0 atom stereocenters. The smallest absolute Gasteiger partial charge is 0.259 e. The second-order valence-corrected chi connectivity index (χ2v) is 9.29. The van der Waals surface area contributed by atoms with Crippen molar-refractivity contribution in [2.75, 3.05) is 39.1 Å². The van der Waals surface area contributed by atoms with E-state index >= 15 is 0 Å². The average Bonchev–Trinajstić information content (AvgIpc) is 3.29. The Bertz CT molecular complexity index is 1080. The van der Waals surface area contributed by atoms with Gasteiger partial charge in [0, 0.05) is 32.7 Å². The van der Waals surface area contributed by atoms with E-state index in [0.717, 1.165) is 12.8 Å². The summed E-state index contributed by atoms with van der Waals surface area (Å²) < 4.78 is 32.3. The van der Waals surface area contributed by atoms with Crippen LogP contribution in [0.1, 0.15) is 23.2 Å². The highest BCUT2D eigenvalue weighted by Gasteiger charge is 2.28. The summed E-state index contributed by atoms with van der Waals surface area (Å²) >= 11 is 0. The molecule has 1 saturated heterocycles. The van der Waals surface area contributed by atoms with Gasteiger partial charge < -0.3 is 20.1 Å². The minimum Gasteiger partial charge on any atom is -0.506 e. The summed E-state index contributed by atoms with van der Waals surface area (Å²) in [5, 5.41) is 12.7. The Morgan fingerprint density at radius 1 is 1.13 bits per heavy atom. The predicted octanol–water partition coefficient (Wildman–Crippen LogP) is 1.90. The fourth-order valence-corrected chi connectivity index (χ4v) is 4.59. The molecule has 0 unspecified atom stereocenters. The second kappa shape index (κ2) is 9.36. The van der Waals surface area contributed by atoms with Crippen LogP contribution in [0.2, 0.25) is 0 Å². The summed E-state index contributed by atoms with van der Waals surface area (Å²) in [5.74, 6) is -0.707. The molecule has 2 aromatic rings. The van der Waals surface area contributed by atoms with E-state index in [2.05, 4.69) is 5.32 Å². The molecule has 166 valence electrons. The molecule has 31 heavy (non-hydrogen) atoms. The molecule has 0 bridgehead atoms. The molecule has 1 aliphatic rings. The van der Waals surface area contributed by atoms with Gasteiger partial charge in [-0.05, 0) is 49.2 Å². The fourth-order valence-electron chi connectivity index (χ4n) is 3.05. The number of hydrogen-bond donors (Lipinski definition) is 2. The number of amides is 2. The summed E-state index contributed by atoms with van der Waals surface area (Å²) in [7, 11) is -0.470. The molecule has 2 aromatic carbocycles. The van der Waals surface area contributed by atoms with Crippen molar-refractivity contribution in [3.05, 3.63) is 48.0 Å². The zero-order valence-electron chi connectivity index (χ0n) is 17.4. The highest BCUT2D eigenvalue weighted by molar-refractivity contribution is 7.89. The molecule has 2 amide bonds. The van der Waals surface area contributed by atoms with Crippen LogP contribution in [0, 0.1) is 0 Å². The molecular weight excluding hydrogens is 422 g/mol. The van der Waals surface area contributed by atoms with Crippen molar-refractivity contribution in [3.8, 4) is 11.5 Å². The van der Waals surface area contributed by atoms with Gasteiger partial charge in [-0.1, -0.05) is 6.07 Å². The number of nitrogens with one attached hydrogen (secondary N) is 1. The molecule has 2 N–H and O–H groups in total. The number of carbonyl (C=O) groups is 2. The Kier molecular flexibility index (Phi) is 6.81. The SMILES string of the molecule is CN(C)C(=O)COc1cccc(C(=O)Nc2cc(S(=O)(=O)N3CCCC3)ccc2O)c1. The molecule has 10 heteroatoms. The minimum absolute atomic E-state index is 0.00165. The second-order valence-electron chi connectivity index (χ2n) is 7.35. The molecule has 0 aliphatic carbocycles. The zero-order valence-corrected chi connectivity index (χ0v) is 18.2. The first-order valence-electron chi connectivity index (χ1n) is 9.76. The lowest BCUT2D eigenvalue weighted by Gasteiger charge is -2.17. The Labute approximate surface area is 181 Å². The number of ether oxygens (including phenoxy) is 1. The number of nitrogens with zero attached hydrogens (tertiary/aromatic N) is 2. The third kappa shape index (κ3) is 5.33. The quantitative estimate of drug-likeness (QED) is 0.626. The molecule has 1 aliphatic heterocycles. The van der Waals surface area contributed by atoms with Crippen LogP contribution in [0.3, 0.4) is 0 Å². The largest absolute Gasteiger partial charge is 0.506 e. The van der Waals surface area contributed by atoms with Crippen molar-refractivity contribution in [2.24, 2.45) is 0 Å². The van der Waals surface area contributed by atoms with Gasteiger partial charge in [-0.3, -0.25) is 9.59 Å². The van der Waals surface area contributed by atoms with Crippen LogP contribution in [-0.2, 0) is 14.8 Å². The summed E-state index contributed by atoms with van der Waals surface area (Å²) in [6.07, 6.45) is 1.61. The van der Waals surface area contributed by atoms with Crippen LogP contribution in [0.25, 0.3) is 0 Å². The number of sulfonamides is 1. The first-order valence-corrected chi connectivity index (χ1v) is 11.2. The van der Waals surface area contributed by atoms with Gasteiger partial charge in [0.25, 0.3) is 11.8 Å². The summed E-state index contributed by atoms with van der Waals surface area (Å²) in [6, 6.07) is 10.0. The number of rotatable bonds is 7. The molecular formula is C21H25N3O6S. The minimum atomic E-state index is -3.69. The van der Waals surface area contributed by atoms with Gasteiger partial charge in [0.2, 0.25) is 10.0 Å². The van der Waals surface area contributed by atoms with E-state index in [4.69, 9.17) is 4.74 Å². The Morgan fingerprint density at radius 2 is 1.84 bits per heavy atom. The Morgan fingerprint density at radius 3 is 2.52 bits per heavy atom. The van der Waals surface area contributed by atoms with Crippen LogP contribution in [-0.4, -0.2) is 68.3 Å². The van der Waals surface area contributed by atoms with Crippen molar-refractivity contribution < 1.29 is 27.9 Å². The lowest BCUT2D eigenvalue weighted by molar-refractivity contribution is -0.130. The number of phenolic OH excluding ortho intramolecular Hbond substituents is 1. The number of hydrogen-bond acceptors (Lipinski definition) is 6. The van der Waals surface area contributed by atoms with E-state index in [0.29, 0.717) is 18.8 Å². The van der Waals surface area contributed by atoms with E-state index in [9.17, 15) is 23.1 Å². The van der Waals surface area contributed by atoms with Crippen molar-refractivity contribution in [3.63, 3.8) is 0 Å². The number of benzene rings is 2. The van der Waals surface area contributed by atoms with E-state index in [1.807, 2.05) is 0 Å². The number of aromatic hydroxyl groups is 1. The van der Waals surface area contributed by atoms with Gasteiger partial charge in [0.1, 0.15) is 11.5 Å². The summed E-state index contributed by atoms with van der Waals surface area (Å²) in [4.78, 5) is 25.7. The fraction of sp³-hybridized carbons (Fsp3) is 0.333. The van der Waals surface area contributed by atoms with Gasteiger partial charge in [0.05, 0.1) is 10.6 Å². The monoisotopic (exact) mass is 447 g/mol. The van der Waals surface area contributed by atoms with E-state index in [1.54, 1.807) is 26.2 Å². The van der Waals surface area contributed by atoms with Crippen molar-refractivity contribution in [1.82, 2.24) is 9.21 Å². The first-order chi connectivity index (χ1) is 14.7. The molecule has 9 nitrogen and oxygen atoms in total. The number of carbonyl (C=O) groups excluding carboxylic acids is 2. The molecule has 0 spiro atoms. The lowest BCUT2D eigenvalue weighted by Crippen LogP contribution is -2.28. The maximum atomic E-state index is 12.8. The highest BCUT2D eigenvalue weighted by atomic mass is 32.2. The maximum Gasteiger partial charge on any atom is 0.259 e. The van der Waals surface area contributed by atoms with Gasteiger partial charge in [-0.2, -0.15) is 4.31 Å². The standard InChI is InChI=1S/C21H25N3O6S/c1-23(2)20(26)14-30-16-7-5-6-15(12-16)21(27)22-18-13-17(8-9-19(18)25)31(28,29)24-10-3-4-11-24/h5-9,12-13,25H,3-4,10-11,14H2,1-2H3,(H,22,27). The molecule has 3 rings (SSSR count). The van der Waals surface area contributed by atoms with Gasteiger partial charge in [-0.15, -0.1) is 0 Å². The average molecular weight is 448 g/mol. The van der Waals surface area contributed by atoms with Gasteiger partial charge in [-0.25, -0.2) is 8.42 Å². The van der Waals surface area contributed by atoms with Gasteiger partial charge >= 0.3 is 0 Å². The number of anilines is 1. The van der Waals surface area contributed by atoms with Crippen LogP contribution >= 0.6 is 0 Å². The third-order valence-corrected chi connectivity index (χ3v) is 6.77. The van der Waals surface area contributed by atoms with Crippen LogP contribution in [0.4, 0.5) is 5.69 Å². The molecule has 0 radical (unpaired) electrons.